The van der Waals surface area contributed by atoms with Crippen molar-refractivity contribution in [3.63, 3.8) is 0 Å². The lowest BCUT2D eigenvalue weighted by Gasteiger charge is -2.10. The van der Waals surface area contributed by atoms with Gasteiger partial charge in [0.05, 0.1) is 0 Å². The standard InChI is InChI=1S/C15H15NO2.C2H6/c1-10-4-3-5-14(11(10)2)16-15(18)12-6-8-13(17)9-7-12;1-2/h3-9,17H,1-2H3,(H,16,18);1-2H3. The third-order valence-corrected chi connectivity index (χ3v) is 2.98. The lowest BCUT2D eigenvalue weighted by Crippen LogP contribution is -2.12. The highest BCUT2D eigenvalue weighted by Crippen LogP contribution is 2.19. The van der Waals surface area contributed by atoms with Crippen molar-refractivity contribution < 1.29 is 9.90 Å². The number of rotatable bonds is 2. The largest absolute Gasteiger partial charge is 0.508 e. The number of phenols is 1. The van der Waals surface area contributed by atoms with Crippen LogP contribution in [0.3, 0.4) is 0 Å². The van der Waals surface area contributed by atoms with Gasteiger partial charge in [-0.3, -0.25) is 4.79 Å². The number of carbonyl (C=O) groups is 1. The highest BCUT2D eigenvalue weighted by molar-refractivity contribution is 6.04. The van der Waals surface area contributed by atoms with Crippen LogP contribution in [0.25, 0.3) is 0 Å². The van der Waals surface area contributed by atoms with Crippen LogP contribution in [0.4, 0.5) is 5.69 Å². The molecule has 0 aliphatic carbocycles. The zero-order chi connectivity index (χ0) is 15.1. The summed E-state index contributed by atoms with van der Waals surface area (Å²) in [6.45, 7) is 7.98. The van der Waals surface area contributed by atoms with E-state index in [1.807, 2.05) is 45.9 Å². The third-order valence-electron chi connectivity index (χ3n) is 2.98. The Balaban J connectivity index is 0.000000956. The molecule has 0 unspecified atom stereocenters. The van der Waals surface area contributed by atoms with E-state index in [2.05, 4.69) is 5.32 Å². The van der Waals surface area contributed by atoms with Crippen LogP contribution in [0.1, 0.15) is 35.3 Å². The maximum absolute atomic E-state index is 12.0. The average Bonchev–Trinajstić information content (AvgIpc) is 2.46. The Morgan fingerprint density at radius 1 is 1.00 bits per heavy atom. The van der Waals surface area contributed by atoms with E-state index in [-0.39, 0.29) is 11.7 Å². The van der Waals surface area contributed by atoms with E-state index in [9.17, 15) is 9.90 Å². The molecule has 1 amide bonds. The number of nitrogens with one attached hydrogen (secondary N) is 1. The predicted octanol–water partition coefficient (Wildman–Crippen LogP) is 4.29. The molecule has 3 heteroatoms. The van der Waals surface area contributed by atoms with Gasteiger partial charge in [-0.25, -0.2) is 0 Å². The van der Waals surface area contributed by atoms with Crippen molar-refractivity contribution in [2.45, 2.75) is 27.7 Å². The third kappa shape index (κ3) is 3.85. The van der Waals surface area contributed by atoms with Gasteiger partial charge in [0, 0.05) is 11.3 Å². The van der Waals surface area contributed by atoms with Gasteiger partial charge in [-0.2, -0.15) is 0 Å². The summed E-state index contributed by atoms with van der Waals surface area (Å²) in [7, 11) is 0. The van der Waals surface area contributed by atoms with Crippen molar-refractivity contribution in [2.24, 2.45) is 0 Å². The van der Waals surface area contributed by atoms with E-state index in [4.69, 9.17) is 0 Å². The number of hydrogen-bond donors (Lipinski definition) is 2. The molecule has 3 nitrogen and oxygen atoms in total. The topological polar surface area (TPSA) is 49.3 Å². The first-order valence-corrected chi connectivity index (χ1v) is 6.74. The van der Waals surface area contributed by atoms with Crippen LogP contribution in [0.2, 0.25) is 0 Å². The Hall–Kier alpha value is -2.29. The Morgan fingerprint density at radius 2 is 1.60 bits per heavy atom. The summed E-state index contributed by atoms with van der Waals surface area (Å²) in [5, 5.41) is 12.0. The summed E-state index contributed by atoms with van der Waals surface area (Å²) < 4.78 is 0. The van der Waals surface area contributed by atoms with Crippen LogP contribution in [0, 0.1) is 13.8 Å². The van der Waals surface area contributed by atoms with E-state index in [1.165, 1.54) is 12.1 Å². The Morgan fingerprint density at radius 3 is 2.20 bits per heavy atom. The lowest BCUT2D eigenvalue weighted by molar-refractivity contribution is 0.102. The zero-order valence-corrected chi connectivity index (χ0v) is 12.4. The maximum Gasteiger partial charge on any atom is 0.255 e. The second-order valence-corrected chi connectivity index (χ2v) is 4.25. The molecule has 0 aliphatic heterocycles. The highest BCUT2D eigenvalue weighted by Gasteiger charge is 2.08. The quantitative estimate of drug-likeness (QED) is 0.856. The normalized spacial score (nSPS) is 9.40. The van der Waals surface area contributed by atoms with Gasteiger partial charge in [0.1, 0.15) is 5.75 Å². The minimum atomic E-state index is -0.177. The van der Waals surface area contributed by atoms with E-state index >= 15 is 0 Å². The van der Waals surface area contributed by atoms with Crippen molar-refractivity contribution in [3.8, 4) is 5.75 Å². The number of carbonyl (C=O) groups excluding carboxylic acids is 1. The fourth-order valence-corrected chi connectivity index (χ4v) is 1.69. The molecule has 0 saturated carbocycles. The van der Waals surface area contributed by atoms with Crippen LogP contribution in [-0.2, 0) is 0 Å². The molecule has 2 N–H and O–H groups in total. The lowest BCUT2D eigenvalue weighted by atomic mass is 10.1. The van der Waals surface area contributed by atoms with Crippen molar-refractivity contribution in [1.29, 1.82) is 0 Å². The Kier molecular flexibility index (Phi) is 5.78. The average molecular weight is 271 g/mol. The first-order valence-electron chi connectivity index (χ1n) is 6.74. The molecule has 106 valence electrons. The van der Waals surface area contributed by atoms with Gasteiger partial charge in [0.2, 0.25) is 0 Å². The van der Waals surface area contributed by atoms with Crippen molar-refractivity contribution in [1.82, 2.24) is 0 Å². The second-order valence-electron chi connectivity index (χ2n) is 4.25. The molecule has 0 fully saturated rings. The first-order chi connectivity index (χ1) is 9.58. The molecule has 0 bridgehead atoms. The first kappa shape index (κ1) is 15.8. The highest BCUT2D eigenvalue weighted by atomic mass is 16.3. The molecule has 2 aromatic carbocycles. The second kappa shape index (κ2) is 7.34. The summed E-state index contributed by atoms with van der Waals surface area (Å²) in [5.41, 5.74) is 3.53. The van der Waals surface area contributed by atoms with Gasteiger partial charge in [-0.15, -0.1) is 0 Å². The fraction of sp³-hybridized carbons (Fsp3) is 0.235. The van der Waals surface area contributed by atoms with E-state index in [0.29, 0.717) is 5.56 Å². The van der Waals surface area contributed by atoms with Gasteiger partial charge < -0.3 is 10.4 Å². The molecule has 0 heterocycles. The fourth-order valence-electron chi connectivity index (χ4n) is 1.69. The smallest absolute Gasteiger partial charge is 0.255 e. The number of phenolic OH excluding ortho intramolecular Hbond substituents is 1. The van der Waals surface area contributed by atoms with Gasteiger partial charge in [-0.1, -0.05) is 26.0 Å². The van der Waals surface area contributed by atoms with E-state index < -0.39 is 0 Å². The molecule has 0 spiro atoms. The summed E-state index contributed by atoms with van der Waals surface area (Å²) in [6, 6.07) is 12.0. The minimum Gasteiger partial charge on any atom is -0.508 e. The monoisotopic (exact) mass is 271 g/mol. The number of amides is 1. The molecule has 0 aliphatic rings. The number of benzene rings is 2. The predicted molar refractivity (Wildman–Crippen MR) is 83.3 cm³/mol. The summed E-state index contributed by atoms with van der Waals surface area (Å²) in [6.07, 6.45) is 0. The van der Waals surface area contributed by atoms with Crippen LogP contribution < -0.4 is 5.32 Å². The molecule has 0 aromatic heterocycles. The maximum atomic E-state index is 12.0. The SMILES string of the molecule is CC.Cc1cccc(NC(=O)c2ccc(O)cc2)c1C. The van der Waals surface area contributed by atoms with Crippen molar-refractivity contribution in [3.05, 3.63) is 59.2 Å². The van der Waals surface area contributed by atoms with E-state index in [1.54, 1.807) is 12.1 Å². The summed E-state index contributed by atoms with van der Waals surface area (Å²) in [4.78, 5) is 12.0. The van der Waals surface area contributed by atoms with Crippen molar-refractivity contribution >= 4 is 11.6 Å². The van der Waals surface area contributed by atoms with Gasteiger partial charge in [0.25, 0.3) is 5.91 Å². The Labute approximate surface area is 120 Å². The van der Waals surface area contributed by atoms with Crippen molar-refractivity contribution in [2.75, 3.05) is 5.32 Å². The van der Waals surface area contributed by atoms with Crippen LogP contribution >= 0.6 is 0 Å². The molecule has 0 atom stereocenters. The van der Waals surface area contributed by atoms with Gasteiger partial charge >= 0.3 is 0 Å². The minimum absolute atomic E-state index is 0.151. The number of aryl methyl sites for hydroxylation is 1. The van der Waals surface area contributed by atoms with Gasteiger partial charge in [0.15, 0.2) is 0 Å². The number of aromatic hydroxyl groups is 1. The zero-order valence-electron chi connectivity index (χ0n) is 12.4. The van der Waals surface area contributed by atoms with Crippen LogP contribution in [0.5, 0.6) is 5.75 Å². The summed E-state index contributed by atoms with van der Waals surface area (Å²) >= 11 is 0. The van der Waals surface area contributed by atoms with Crippen LogP contribution in [0.15, 0.2) is 42.5 Å². The van der Waals surface area contributed by atoms with Gasteiger partial charge in [-0.05, 0) is 55.3 Å². The van der Waals surface area contributed by atoms with E-state index in [0.717, 1.165) is 16.8 Å². The number of hydrogen-bond acceptors (Lipinski definition) is 2. The molecular formula is C17H21NO2. The molecule has 2 rings (SSSR count). The molecular weight excluding hydrogens is 250 g/mol. The molecule has 20 heavy (non-hydrogen) atoms. The number of anilines is 1. The summed E-state index contributed by atoms with van der Waals surface area (Å²) in [5.74, 6) is -0.0259. The molecule has 2 aromatic rings. The molecule has 0 radical (unpaired) electrons. The van der Waals surface area contributed by atoms with Crippen LogP contribution in [-0.4, -0.2) is 11.0 Å². The molecule has 0 saturated heterocycles. The Bertz CT molecular complexity index is 574.